The Morgan fingerprint density at radius 1 is 1.04 bits per heavy atom. The second-order valence-electron chi connectivity index (χ2n) is 7.88. The number of likely N-dealkylation sites (N-methyl/N-ethyl adjacent to an activating group) is 2. The zero-order chi connectivity index (χ0) is 19.3. The quantitative estimate of drug-likeness (QED) is 0.449. The Morgan fingerprint density at radius 2 is 1.54 bits per heavy atom. The molecule has 0 heterocycles. The third-order valence-electron chi connectivity index (χ3n) is 3.63. The number of alkyl halides is 1. The molecule has 7 heteroatoms. The monoisotopic (exact) mass is 453 g/mol. The molecule has 0 unspecified atom stereocenters. The maximum atomic E-state index is 12.6. The lowest BCUT2D eigenvalue weighted by atomic mass is 9.92. The Kier molecular flexibility index (Phi) is 8.86. The fraction of sp³-hybridized carbons (Fsp3) is 0.824. The lowest BCUT2D eigenvalue weighted by Crippen LogP contribution is -2.53. The van der Waals surface area contributed by atoms with Crippen LogP contribution < -0.4 is 5.32 Å². The molecule has 2 amide bonds. The highest BCUT2D eigenvalue weighted by Gasteiger charge is 2.36. The zero-order valence-corrected chi connectivity index (χ0v) is 18.4. The molecule has 0 aliphatic heterocycles. The molecule has 0 aromatic carbocycles. The summed E-state index contributed by atoms with van der Waals surface area (Å²) in [5.74, 6) is -0.496. The summed E-state index contributed by atoms with van der Waals surface area (Å²) >= 11 is 2.06. The number of Topliss-reactive ketones (excluding diaryl/α,β-unsaturated/α-hetero) is 1. The minimum Gasteiger partial charge on any atom is -0.353 e. The molecule has 24 heavy (non-hydrogen) atoms. The Morgan fingerprint density at radius 3 is 1.92 bits per heavy atom. The van der Waals surface area contributed by atoms with E-state index in [1.165, 1.54) is 4.90 Å². The predicted molar refractivity (Wildman–Crippen MR) is 105 cm³/mol. The molecular formula is C17H32IN3O3. The lowest BCUT2D eigenvalue weighted by molar-refractivity contribution is -0.146. The Bertz CT molecular complexity index is 465. The molecule has 0 bridgehead atoms. The standard InChI is InChI=1S/C17H32IN3O3/c1-16(2,3)15(24)21(8)12(11-13(22)17(4,5)18)14(23)19-9-10-20(6)7/h12H,9-11H2,1-8H3,(H,19,23)/t12-/m0/s1. The largest absolute Gasteiger partial charge is 0.353 e. The third kappa shape index (κ3) is 7.92. The van der Waals surface area contributed by atoms with Crippen molar-refractivity contribution < 1.29 is 14.4 Å². The van der Waals surface area contributed by atoms with Gasteiger partial charge in [0.2, 0.25) is 11.8 Å². The van der Waals surface area contributed by atoms with E-state index in [0.29, 0.717) is 13.1 Å². The summed E-state index contributed by atoms with van der Waals surface area (Å²) in [5, 5.41) is 2.83. The van der Waals surface area contributed by atoms with E-state index in [2.05, 4.69) is 27.9 Å². The minimum absolute atomic E-state index is 0.0159. The van der Waals surface area contributed by atoms with E-state index < -0.39 is 14.9 Å². The Hall–Kier alpha value is -0.700. The van der Waals surface area contributed by atoms with Crippen molar-refractivity contribution in [2.24, 2.45) is 5.41 Å². The summed E-state index contributed by atoms with van der Waals surface area (Å²) in [7, 11) is 5.43. The van der Waals surface area contributed by atoms with Crippen LogP contribution in [0.25, 0.3) is 0 Å². The highest BCUT2D eigenvalue weighted by molar-refractivity contribution is 14.1. The van der Waals surface area contributed by atoms with Gasteiger partial charge in [0, 0.05) is 32.0 Å². The van der Waals surface area contributed by atoms with Gasteiger partial charge in [-0.05, 0) is 27.9 Å². The zero-order valence-electron chi connectivity index (χ0n) is 16.2. The molecular weight excluding hydrogens is 421 g/mol. The van der Waals surface area contributed by atoms with Crippen LogP contribution in [0.4, 0.5) is 0 Å². The summed E-state index contributed by atoms with van der Waals surface area (Å²) < 4.78 is -0.578. The Balaban J connectivity index is 5.25. The van der Waals surface area contributed by atoms with Crippen LogP contribution in [-0.2, 0) is 14.4 Å². The first-order chi connectivity index (χ1) is 10.7. The number of rotatable bonds is 8. The van der Waals surface area contributed by atoms with E-state index in [4.69, 9.17) is 0 Å². The van der Waals surface area contributed by atoms with Gasteiger partial charge >= 0.3 is 0 Å². The van der Waals surface area contributed by atoms with Crippen molar-refractivity contribution >= 4 is 40.2 Å². The van der Waals surface area contributed by atoms with Gasteiger partial charge < -0.3 is 15.1 Å². The van der Waals surface area contributed by atoms with Gasteiger partial charge in [-0.25, -0.2) is 0 Å². The number of hydrogen-bond acceptors (Lipinski definition) is 4. The first-order valence-corrected chi connectivity index (χ1v) is 9.17. The van der Waals surface area contributed by atoms with Crippen molar-refractivity contribution in [2.45, 2.75) is 50.5 Å². The van der Waals surface area contributed by atoms with Crippen LogP contribution in [0.1, 0.15) is 41.0 Å². The highest BCUT2D eigenvalue weighted by atomic mass is 127. The molecule has 1 N–H and O–H groups in total. The first-order valence-electron chi connectivity index (χ1n) is 8.10. The van der Waals surface area contributed by atoms with Crippen LogP contribution in [-0.4, -0.2) is 71.1 Å². The highest BCUT2D eigenvalue weighted by Crippen LogP contribution is 2.24. The molecule has 1 atom stereocenters. The van der Waals surface area contributed by atoms with Crippen molar-refractivity contribution in [3.63, 3.8) is 0 Å². The number of nitrogens with one attached hydrogen (secondary N) is 1. The molecule has 0 aliphatic rings. The number of amides is 2. The molecule has 0 aromatic heterocycles. The fourth-order valence-corrected chi connectivity index (χ4v) is 2.24. The second kappa shape index (κ2) is 9.12. The number of carbonyl (C=O) groups excluding carboxylic acids is 3. The second-order valence-corrected chi connectivity index (χ2v) is 10.6. The van der Waals surface area contributed by atoms with Gasteiger partial charge in [0.25, 0.3) is 0 Å². The molecule has 6 nitrogen and oxygen atoms in total. The average Bonchev–Trinajstić information content (AvgIpc) is 2.40. The number of carbonyl (C=O) groups is 3. The van der Waals surface area contributed by atoms with Crippen LogP contribution in [0.15, 0.2) is 0 Å². The van der Waals surface area contributed by atoms with Gasteiger partial charge in [-0.3, -0.25) is 14.4 Å². The topological polar surface area (TPSA) is 69.7 Å². The fourth-order valence-electron chi connectivity index (χ4n) is 2.01. The number of hydrogen-bond donors (Lipinski definition) is 1. The van der Waals surface area contributed by atoms with Crippen molar-refractivity contribution in [3.05, 3.63) is 0 Å². The van der Waals surface area contributed by atoms with Crippen molar-refractivity contribution in [1.29, 1.82) is 0 Å². The maximum absolute atomic E-state index is 12.6. The van der Waals surface area contributed by atoms with Gasteiger partial charge in [-0.1, -0.05) is 43.4 Å². The van der Waals surface area contributed by atoms with Crippen molar-refractivity contribution in [2.75, 3.05) is 34.2 Å². The summed E-state index contributed by atoms with van der Waals surface area (Å²) in [6.45, 7) is 10.2. The van der Waals surface area contributed by atoms with E-state index in [1.54, 1.807) is 27.8 Å². The van der Waals surface area contributed by atoms with Crippen LogP contribution in [0.2, 0.25) is 0 Å². The predicted octanol–water partition coefficient (Wildman–Crippen LogP) is 1.71. The number of halogens is 1. The Labute approximate surface area is 159 Å². The first kappa shape index (κ1) is 23.3. The normalized spacial score (nSPS) is 13.6. The molecule has 140 valence electrons. The van der Waals surface area contributed by atoms with Gasteiger partial charge in [-0.15, -0.1) is 0 Å². The van der Waals surface area contributed by atoms with Crippen molar-refractivity contribution in [3.8, 4) is 0 Å². The average molecular weight is 453 g/mol. The van der Waals surface area contributed by atoms with Crippen LogP contribution in [0.5, 0.6) is 0 Å². The number of ketones is 1. The van der Waals surface area contributed by atoms with E-state index in [1.807, 2.05) is 32.8 Å². The minimum atomic E-state index is -0.791. The van der Waals surface area contributed by atoms with E-state index >= 15 is 0 Å². The summed E-state index contributed by atoms with van der Waals surface area (Å²) in [6, 6.07) is -0.791. The SMILES string of the molecule is CN(C)CCNC(=O)[C@H](CC(=O)C(C)(C)I)N(C)C(=O)C(C)(C)C. The summed E-state index contributed by atoms with van der Waals surface area (Å²) in [6.07, 6.45) is 0.0159. The van der Waals surface area contributed by atoms with Crippen LogP contribution in [0, 0.1) is 5.41 Å². The van der Waals surface area contributed by atoms with Gasteiger partial charge in [0.1, 0.15) is 6.04 Å². The molecule has 0 rings (SSSR count). The molecule has 0 spiro atoms. The molecule has 0 saturated heterocycles. The van der Waals surface area contributed by atoms with Crippen LogP contribution in [0.3, 0.4) is 0 Å². The summed E-state index contributed by atoms with van der Waals surface area (Å²) in [5.41, 5.74) is -0.611. The molecule has 0 radical (unpaired) electrons. The smallest absolute Gasteiger partial charge is 0.243 e. The van der Waals surface area contributed by atoms with Gasteiger partial charge in [-0.2, -0.15) is 0 Å². The van der Waals surface area contributed by atoms with E-state index in [-0.39, 0.29) is 24.0 Å². The van der Waals surface area contributed by atoms with E-state index in [0.717, 1.165) is 0 Å². The lowest BCUT2D eigenvalue weighted by Gasteiger charge is -2.33. The summed E-state index contributed by atoms with van der Waals surface area (Å²) in [4.78, 5) is 40.9. The van der Waals surface area contributed by atoms with Gasteiger partial charge in [0.15, 0.2) is 5.78 Å². The van der Waals surface area contributed by atoms with E-state index in [9.17, 15) is 14.4 Å². The molecule has 0 aliphatic carbocycles. The molecule has 0 fully saturated rings. The van der Waals surface area contributed by atoms with Crippen molar-refractivity contribution in [1.82, 2.24) is 15.1 Å². The van der Waals surface area contributed by atoms with Crippen LogP contribution >= 0.6 is 22.6 Å². The van der Waals surface area contributed by atoms with Gasteiger partial charge in [0.05, 0.1) is 3.42 Å². The maximum Gasteiger partial charge on any atom is 0.243 e. The number of nitrogens with zero attached hydrogens (tertiary/aromatic N) is 2. The molecule has 0 aromatic rings. The third-order valence-corrected chi connectivity index (χ3v) is 4.23. The molecule has 0 saturated carbocycles.